The molecule has 1 unspecified atom stereocenters. The van der Waals surface area contributed by atoms with E-state index in [0.717, 1.165) is 0 Å². The van der Waals surface area contributed by atoms with Crippen LogP contribution in [0.2, 0.25) is 0 Å². The van der Waals surface area contributed by atoms with Gasteiger partial charge in [0.1, 0.15) is 5.82 Å². The minimum atomic E-state index is -3.02. The number of imidazole rings is 1. The Balaban J connectivity index is 2.18. The second kappa shape index (κ2) is 4.30. The molecule has 1 atom stereocenters. The van der Waals surface area contributed by atoms with Gasteiger partial charge >= 0.3 is 0 Å². The summed E-state index contributed by atoms with van der Waals surface area (Å²) in [6.45, 7) is 0. The third-order valence-electron chi connectivity index (χ3n) is 3.33. The maximum atomic E-state index is 13.7. The van der Waals surface area contributed by atoms with Crippen LogP contribution in [0.1, 0.15) is 12.5 Å². The fourth-order valence-electron chi connectivity index (χ4n) is 2.47. The highest BCUT2D eigenvalue weighted by Gasteiger charge is 2.31. The Morgan fingerprint density at radius 3 is 2.84 bits per heavy atom. The number of nitrogens with zero attached hydrogens (tertiary/aromatic N) is 2. The molecule has 0 bridgehead atoms. The van der Waals surface area contributed by atoms with E-state index in [9.17, 15) is 12.8 Å². The van der Waals surface area contributed by atoms with Crippen LogP contribution in [-0.4, -0.2) is 29.5 Å². The molecule has 0 amide bonds. The highest BCUT2D eigenvalue weighted by molar-refractivity contribution is 14.1. The summed E-state index contributed by atoms with van der Waals surface area (Å²) in [5.41, 5.74) is 7.00. The first kappa shape index (κ1) is 13.1. The lowest BCUT2D eigenvalue weighted by Gasteiger charge is -2.13. The van der Waals surface area contributed by atoms with Crippen molar-refractivity contribution >= 4 is 49.4 Å². The number of nitrogens with two attached hydrogens (primary N) is 1. The zero-order chi connectivity index (χ0) is 13.8. The zero-order valence-corrected chi connectivity index (χ0v) is 12.8. The van der Waals surface area contributed by atoms with E-state index in [4.69, 9.17) is 5.73 Å². The number of anilines is 1. The molecule has 1 fully saturated rings. The molecule has 5 nitrogen and oxygen atoms in total. The van der Waals surface area contributed by atoms with Crippen molar-refractivity contribution < 1.29 is 12.8 Å². The van der Waals surface area contributed by atoms with Gasteiger partial charge in [-0.3, -0.25) is 0 Å². The van der Waals surface area contributed by atoms with Gasteiger partial charge in [0.05, 0.1) is 32.2 Å². The van der Waals surface area contributed by atoms with Gasteiger partial charge in [0, 0.05) is 6.07 Å². The molecule has 1 aromatic carbocycles. The highest BCUT2D eigenvalue weighted by Crippen LogP contribution is 2.31. The van der Waals surface area contributed by atoms with Crippen LogP contribution in [0.3, 0.4) is 0 Å². The van der Waals surface area contributed by atoms with E-state index in [1.807, 2.05) is 22.6 Å². The van der Waals surface area contributed by atoms with Crippen molar-refractivity contribution in [3.8, 4) is 0 Å². The molecule has 3 rings (SSSR count). The predicted molar refractivity (Wildman–Crippen MR) is 79.1 cm³/mol. The normalized spacial score (nSPS) is 22.1. The first-order valence-electron chi connectivity index (χ1n) is 5.70. The van der Waals surface area contributed by atoms with Gasteiger partial charge in [0.15, 0.2) is 9.84 Å². The maximum Gasteiger partial charge on any atom is 0.201 e. The van der Waals surface area contributed by atoms with Crippen molar-refractivity contribution in [3.05, 3.63) is 21.5 Å². The minimum Gasteiger partial charge on any atom is -0.369 e. The molecule has 2 aromatic rings. The van der Waals surface area contributed by atoms with Crippen molar-refractivity contribution in [2.75, 3.05) is 17.2 Å². The number of hydrogen-bond donors (Lipinski definition) is 1. The Morgan fingerprint density at radius 2 is 2.21 bits per heavy atom. The molecule has 19 heavy (non-hydrogen) atoms. The number of hydrogen-bond acceptors (Lipinski definition) is 4. The van der Waals surface area contributed by atoms with Crippen LogP contribution in [0.5, 0.6) is 0 Å². The molecule has 2 N–H and O–H groups in total. The van der Waals surface area contributed by atoms with Crippen molar-refractivity contribution in [1.29, 1.82) is 0 Å². The molecule has 1 aliphatic heterocycles. The van der Waals surface area contributed by atoms with Crippen molar-refractivity contribution in [3.63, 3.8) is 0 Å². The molecular formula is C11H11FIN3O2S. The third kappa shape index (κ3) is 2.20. The summed E-state index contributed by atoms with van der Waals surface area (Å²) in [6, 6.07) is 2.72. The lowest BCUT2D eigenvalue weighted by atomic mass is 10.2. The second-order valence-electron chi connectivity index (χ2n) is 4.65. The highest BCUT2D eigenvalue weighted by atomic mass is 127. The SMILES string of the molecule is Nc1nc2cc(I)c(F)cc2n1C1CCS(=O)(=O)C1. The smallest absolute Gasteiger partial charge is 0.201 e. The lowest BCUT2D eigenvalue weighted by molar-refractivity contribution is 0.573. The van der Waals surface area contributed by atoms with Crippen LogP contribution in [0, 0.1) is 9.39 Å². The predicted octanol–water partition coefficient (Wildman–Crippen LogP) is 1.72. The third-order valence-corrected chi connectivity index (χ3v) is 5.91. The first-order valence-corrected chi connectivity index (χ1v) is 8.60. The van der Waals surface area contributed by atoms with E-state index < -0.39 is 9.84 Å². The lowest BCUT2D eigenvalue weighted by Crippen LogP contribution is -2.13. The number of aromatic nitrogens is 2. The van der Waals surface area contributed by atoms with Gasteiger partial charge in [0.2, 0.25) is 5.95 Å². The van der Waals surface area contributed by atoms with Gasteiger partial charge < -0.3 is 10.3 Å². The Labute approximate surface area is 123 Å². The van der Waals surface area contributed by atoms with Crippen molar-refractivity contribution in [2.45, 2.75) is 12.5 Å². The van der Waals surface area contributed by atoms with Gasteiger partial charge in [-0.1, -0.05) is 0 Å². The topological polar surface area (TPSA) is 78.0 Å². The van der Waals surface area contributed by atoms with E-state index in [1.54, 1.807) is 10.6 Å². The van der Waals surface area contributed by atoms with Crippen LogP contribution < -0.4 is 5.73 Å². The number of sulfone groups is 1. The molecule has 102 valence electrons. The van der Waals surface area contributed by atoms with Crippen LogP contribution in [0.4, 0.5) is 10.3 Å². The summed E-state index contributed by atoms with van der Waals surface area (Å²) in [6.07, 6.45) is 0.492. The molecule has 1 saturated heterocycles. The Hall–Kier alpha value is -0.900. The molecule has 0 spiro atoms. The molecule has 0 saturated carbocycles. The zero-order valence-electron chi connectivity index (χ0n) is 9.81. The molecule has 8 heteroatoms. The monoisotopic (exact) mass is 395 g/mol. The Kier molecular flexibility index (Phi) is 2.97. The van der Waals surface area contributed by atoms with Crippen LogP contribution in [0.25, 0.3) is 11.0 Å². The fraction of sp³-hybridized carbons (Fsp3) is 0.364. The van der Waals surface area contributed by atoms with E-state index in [1.165, 1.54) is 6.07 Å². The summed E-state index contributed by atoms with van der Waals surface area (Å²) < 4.78 is 38.9. The quantitative estimate of drug-likeness (QED) is 0.747. The Morgan fingerprint density at radius 1 is 1.47 bits per heavy atom. The largest absolute Gasteiger partial charge is 0.369 e. The number of benzene rings is 1. The maximum absolute atomic E-state index is 13.7. The average Bonchev–Trinajstić information content (AvgIpc) is 2.79. The second-order valence-corrected chi connectivity index (χ2v) is 8.04. The van der Waals surface area contributed by atoms with Gasteiger partial charge in [-0.2, -0.15) is 0 Å². The molecule has 1 aliphatic rings. The number of fused-ring (bicyclic) bond motifs is 1. The van der Waals surface area contributed by atoms with Crippen LogP contribution in [0.15, 0.2) is 12.1 Å². The van der Waals surface area contributed by atoms with Gasteiger partial charge in [-0.25, -0.2) is 17.8 Å². The molecule has 0 aliphatic carbocycles. The van der Waals surface area contributed by atoms with E-state index in [-0.39, 0.29) is 29.3 Å². The van der Waals surface area contributed by atoms with Crippen molar-refractivity contribution in [2.24, 2.45) is 0 Å². The van der Waals surface area contributed by atoms with Gasteiger partial charge in [-0.05, 0) is 35.1 Å². The van der Waals surface area contributed by atoms with Crippen molar-refractivity contribution in [1.82, 2.24) is 9.55 Å². The van der Waals surface area contributed by atoms with E-state index in [2.05, 4.69) is 4.98 Å². The number of halogens is 2. The molecule has 2 heterocycles. The van der Waals surface area contributed by atoms with Crippen LogP contribution >= 0.6 is 22.6 Å². The van der Waals surface area contributed by atoms with E-state index in [0.29, 0.717) is 21.0 Å². The standard InChI is InChI=1S/C11H11FIN3O2S/c12-7-3-10-9(4-8(7)13)15-11(14)16(10)6-1-2-19(17,18)5-6/h3-4,6H,1-2,5H2,(H2,14,15). The number of nitrogen functional groups attached to an aromatic ring is 1. The molecular weight excluding hydrogens is 384 g/mol. The number of rotatable bonds is 1. The van der Waals surface area contributed by atoms with Crippen LogP contribution in [-0.2, 0) is 9.84 Å². The Bertz CT molecular complexity index is 772. The summed E-state index contributed by atoms with van der Waals surface area (Å²) in [5.74, 6) is 0.0634. The van der Waals surface area contributed by atoms with Gasteiger partial charge in [0.25, 0.3) is 0 Å². The molecule has 1 aromatic heterocycles. The summed E-state index contributed by atoms with van der Waals surface area (Å²) in [7, 11) is -3.02. The summed E-state index contributed by atoms with van der Waals surface area (Å²) in [5, 5.41) is 0. The fourth-order valence-corrected chi connectivity index (χ4v) is 4.62. The van der Waals surface area contributed by atoms with Gasteiger partial charge in [-0.15, -0.1) is 0 Å². The summed E-state index contributed by atoms with van der Waals surface area (Å²) in [4.78, 5) is 4.18. The minimum absolute atomic E-state index is 0.0380. The summed E-state index contributed by atoms with van der Waals surface area (Å²) >= 11 is 1.89. The van der Waals surface area contributed by atoms with E-state index >= 15 is 0 Å². The average molecular weight is 395 g/mol. The molecule has 0 radical (unpaired) electrons. The first-order chi connectivity index (χ1) is 8.87.